The molecule has 1 rings (SSSR count). The van der Waals surface area contributed by atoms with E-state index in [0.29, 0.717) is 19.4 Å². The van der Waals surface area contributed by atoms with Crippen LogP contribution in [-0.2, 0) is 16.1 Å². The van der Waals surface area contributed by atoms with Crippen molar-refractivity contribution in [1.82, 2.24) is 20.3 Å². The number of nitrogens with zero attached hydrogens (tertiary/aromatic N) is 3. The lowest BCUT2D eigenvalue weighted by Crippen LogP contribution is -2.40. The molecule has 17 heavy (non-hydrogen) atoms. The molecule has 0 unspecified atom stereocenters. The second-order valence-corrected chi connectivity index (χ2v) is 3.66. The summed E-state index contributed by atoms with van der Waals surface area (Å²) < 4.78 is 1.52. The van der Waals surface area contributed by atoms with Crippen molar-refractivity contribution in [3.63, 3.8) is 0 Å². The Morgan fingerprint density at radius 3 is 2.82 bits per heavy atom. The molecule has 1 heterocycles. The number of aryl methyl sites for hydroxylation is 1. The van der Waals surface area contributed by atoms with E-state index in [1.165, 1.54) is 10.9 Å². The number of rotatable bonds is 7. The molecule has 0 fully saturated rings. The van der Waals surface area contributed by atoms with Crippen LogP contribution in [-0.4, -0.2) is 38.0 Å². The highest BCUT2D eigenvalue weighted by Crippen LogP contribution is 1.98. The van der Waals surface area contributed by atoms with Crippen molar-refractivity contribution in [3.8, 4) is 0 Å². The standard InChI is InChI=1S/C10H16N4O3/c1-2-3-8(10(16)17)12-9(15)4-6-14-7-5-11-13-14/h5,7-8H,2-4,6H2,1H3,(H,12,15)(H,16,17)/t8-/m1/s1. The number of hydrogen-bond donors (Lipinski definition) is 2. The Kier molecular flexibility index (Phi) is 5.12. The van der Waals surface area contributed by atoms with Gasteiger partial charge in [0.2, 0.25) is 5.91 Å². The highest BCUT2D eigenvalue weighted by atomic mass is 16.4. The summed E-state index contributed by atoms with van der Waals surface area (Å²) in [4.78, 5) is 22.3. The Morgan fingerprint density at radius 2 is 2.29 bits per heavy atom. The van der Waals surface area contributed by atoms with E-state index < -0.39 is 12.0 Å². The third-order valence-corrected chi connectivity index (χ3v) is 2.25. The highest BCUT2D eigenvalue weighted by Gasteiger charge is 2.18. The van der Waals surface area contributed by atoms with Crippen LogP contribution < -0.4 is 5.32 Å². The molecule has 94 valence electrons. The van der Waals surface area contributed by atoms with E-state index in [1.54, 1.807) is 6.20 Å². The molecular formula is C10H16N4O3. The zero-order valence-corrected chi connectivity index (χ0v) is 9.67. The molecule has 2 N–H and O–H groups in total. The second kappa shape index (κ2) is 6.62. The van der Waals surface area contributed by atoms with E-state index in [1.807, 2.05) is 6.92 Å². The zero-order valence-electron chi connectivity index (χ0n) is 9.67. The quantitative estimate of drug-likeness (QED) is 0.701. The Bertz CT molecular complexity index is 364. The van der Waals surface area contributed by atoms with Crippen molar-refractivity contribution in [2.75, 3.05) is 0 Å². The van der Waals surface area contributed by atoms with Gasteiger partial charge in [-0.1, -0.05) is 18.6 Å². The van der Waals surface area contributed by atoms with Crippen molar-refractivity contribution >= 4 is 11.9 Å². The van der Waals surface area contributed by atoms with Gasteiger partial charge in [0.25, 0.3) is 0 Å². The average molecular weight is 240 g/mol. The van der Waals surface area contributed by atoms with Crippen LogP contribution in [0.3, 0.4) is 0 Å². The third-order valence-electron chi connectivity index (χ3n) is 2.25. The minimum Gasteiger partial charge on any atom is -0.480 e. The summed E-state index contributed by atoms with van der Waals surface area (Å²) in [5.41, 5.74) is 0. The number of carbonyl (C=O) groups is 2. The molecule has 0 aliphatic rings. The van der Waals surface area contributed by atoms with Crippen LogP contribution in [0.25, 0.3) is 0 Å². The number of carboxylic acids is 1. The normalized spacial score (nSPS) is 12.1. The maximum atomic E-state index is 11.5. The first-order valence-corrected chi connectivity index (χ1v) is 5.49. The first kappa shape index (κ1) is 13.1. The first-order chi connectivity index (χ1) is 8.13. The average Bonchev–Trinajstić information content (AvgIpc) is 2.78. The Labute approximate surface area is 98.8 Å². The predicted molar refractivity (Wildman–Crippen MR) is 59.1 cm³/mol. The van der Waals surface area contributed by atoms with Crippen molar-refractivity contribution in [2.45, 2.75) is 38.8 Å². The Morgan fingerprint density at radius 1 is 1.53 bits per heavy atom. The van der Waals surface area contributed by atoms with E-state index in [2.05, 4.69) is 15.6 Å². The SMILES string of the molecule is CCC[C@@H](NC(=O)CCn1ccnn1)C(=O)O. The van der Waals surface area contributed by atoms with Gasteiger partial charge in [0.1, 0.15) is 6.04 Å². The van der Waals surface area contributed by atoms with Crippen LogP contribution in [0.2, 0.25) is 0 Å². The van der Waals surface area contributed by atoms with Gasteiger partial charge in [0.15, 0.2) is 0 Å². The van der Waals surface area contributed by atoms with Gasteiger partial charge >= 0.3 is 5.97 Å². The van der Waals surface area contributed by atoms with Crippen molar-refractivity contribution in [2.24, 2.45) is 0 Å². The maximum Gasteiger partial charge on any atom is 0.326 e. The first-order valence-electron chi connectivity index (χ1n) is 5.49. The van der Waals surface area contributed by atoms with Crippen LogP contribution >= 0.6 is 0 Å². The lowest BCUT2D eigenvalue weighted by atomic mass is 10.1. The number of aromatic nitrogens is 3. The molecule has 0 bridgehead atoms. The third kappa shape index (κ3) is 4.62. The number of amides is 1. The number of carbonyl (C=O) groups excluding carboxylic acids is 1. The summed E-state index contributed by atoms with van der Waals surface area (Å²) in [7, 11) is 0. The molecule has 1 amide bonds. The van der Waals surface area contributed by atoms with Crippen LogP contribution in [0.4, 0.5) is 0 Å². The molecule has 1 aromatic rings. The van der Waals surface area contributed by atoms with E-state index >= 15 is 0 Å². The molecule has 7 heteroatoms. The van der Waals surface area contributed by atoms with E-state index in [-0.39, 0.29) is 12.3 Å². The van der Waals surface area contributed by atoms with Crippen LogP contribution in [0.5, 0.6) is 0 Å². The summed E-state index contributed by atoms with van der Waals surface area (Å²) in [5.74, 6) is -1.29. The second-order valence-electron chi connectivity index (χ2n) is 3.66. The van der Waals surface area contributed by atoms with Crippen molar-refractivity contribution < 1.29 is 14.7 Å². The number of carboxylic acid groups (broad SMARTS) is 1. The monoisotopic (exact) mass is 240 g/mol. The number of aliphatic carboxylic acids is 1. The van der Waals surface area contributed by atoms with Gasteiger partial charge in [-0.15, -0.1) is 5.10 Å². The topological polar surface area (TPSA) is 97.1 Å². The Balaban J connectivity index is 2.34. The lowest BCUT2D eigenvalue weighted by molar-refractivity contribution is -0.142. The van der Waals surface area contributed by atoms with Crippen LogP contribution in [0.1, 0.15) is 26.2 Å². The maximum absolute atomic E-state index is 11.5. The van der Waals surface area contributed by atoms with Crippen molar-refractivity contribution in [1.29, 1.82) is 0 Å². The minimum absolute atomic E-state index is 0.191. The van der Waals surface area contributed by atoms with E-state index in [9.17, 15) is 9.59 Å². The fourth-order valence-electron chi connectivity index (χ4n) is 1.38. The predicted octanol–water partition coefficient (Wildman–Crippen LogP) is 0.0377. The summed E-state index contributed by atoms with van der Waals surface area (Å²) >= 11 is 0. The molecule has 7 nitrogen and oxygen atoms in total. The van der Waals surface area contributed by atoms with E-state index in [4.69, 9.17) is 5.11 Å². The lowest BCUT2D eigenvalue weighted by Gasteiger charge is -2.13. The van der Waals surface area contributed by atoms with Gasteiger partial charge in [-0.25, -0.2) is 4.79 Å². The van der Waals surface area contributed by atoms with Crippen LogP contribution in [0.15, 0.2) is 12.4 Å². The molecule has 0 saturated carbocycles. The molecule has 0 aliphatic heterocycles. The molecule has 0 aromatic carbocycles. The summed E-state index contributed by atoms with van der Waals surface area (Å²) in [6.07, 6.45) is 4.50. The van der Waals surface area contributed by atoms with Gasteiger partial charge in [0, 0.05) is 12.6 Å². The summed E-state index contributed by atoms with van der Waals surface area (Å²) in [6.45, 7) is 2.27. The molecule has 0 radical (unpaired) electrons. The molecule has 0 spiro atoms. The minimum atomic E-state index is -0.999. The van der Waals surface area contributed by atoms with Crippen LogP contribution in [0, 0.1) is 0 Å². The fourth-order valence-corrected chi connectivity index (χ4v) is 1.38. The smallest absolute Gasteiger partial charge is 0.326 e. The zero-order chi connectivity index (χ0) is 12.7. The Hall–Kier alpha value is -1.92. The summed E-state index contributed by atoms with van der Waals surface area (Å²) in [5, 5.41) is 18.7. The van der Waals surface area contributed by atoms with E-state index in [0.717, 1.165) is 0 Å². The number of nitrogens with one attached hydrogen (secondary N) is 1. The molecule has 0 aliphatic carbocycles. The van der Waals surface area contributed by atoms with Gasteiger partial charge in [-0.2, -0.15) is 0 Å². The highest BCUT2D eigenvalue weighted by molar-refractivity contribution is 5.83. The molecule has 0 saturated heterocycles. The largest absolute Gasteiger partial charge is 0.480 e. The summed E-state index contributed by atoms with van der Waals surface area (Å²) in [6, 6.07) is -0.803. The van der Waals surface area contributed by atoms with Gasteiger partial charge < -0.3 is 10.4 Å². The molecule has 1 atom stereocenters. The molecule has 1 aromatic heterocycles. The fraction of sp³-hybridized carbons (Fsp3) is 0.600. The van der Waals surface area contributed by atoms with Gasteiger partial charge in [-0.3, -0.25) is 9.48 Å². The molecular weight excluding hydrogens is 224 g/mol. The van der Waals surface area contributed by atoms with Gasteiger partial charge in [-0.05, 0) is 6.42 Å². The number of hydrogen-bond acceptors (Lipinski definition) is 4. The van der Waals surface area contributed by atoms with Gasteiger partial charge in [0.05, 0.1) is 12.7 Å². The van der Waals surface area contributed by atoms with Crippen molar-refractivity contribution in [3.05, 3.63) is 12.4 Å².